The molecule has 2 heterocycles. The van der Waals surface area contributed by atoms with Crippen molar-refractivity contribution in [3.8, 4) is 17.3 Å². The first kappa shape index (κ1) is 20.1. The van der Waals surface area contributed by atoms with Crippen LogP contribution in [0.2, 0.25) is 0 Å². The van der Waals surface area contributed by atoms with Gasteiger partial charge in [0.25, 0.3) is 5.56 Å². The summed E-state index contributed by atoms with van der Waals surface area (Å²) in [6.07, 6.45) is 0. The smallest absolute Gasteiger partial charge is 0.267 e. The van der Waals surface area contributed by atoms with E-state index in [0.29, 0.717) is 23.0 Å². The maximum absolute atomic E-state index is 12.8. The normalized spacial score (nSPS) is 11.8. The van der Waals surface area contributed by atoms with Crippen molar-refractivity contribution in [1.29, 1.82) is 0 Å². The Morgan fingerprint density at radius 1 is 1.03 bits per heavy atom. The van der Waals surface area contributed by atoms with E-state index in [4.69, 9.17) is 9.47 Å². The average molecular weight is 397 g/mol. The molecule has 29 heavy (non-hydrogen) atoms. The number of benzene rings is 1. The highest BCUT2D eigenvalue weighted by Gasteiger charge is 2.19. The van der Waals surface area contributed by atoms with E-state index in [1.165, 1.54) is 20.3 Å². The van der Waals surface area contributed by atoms with E-state index >= 15 is 0 Å². The molecule has 9 nitrogen and oxygen atoms in total. The molecule has 0 aliphatic rings. The SMILES string of the molecule is COc1cc(NC(=O)C(C)n2nc(-n3nc(C)cc3C)ccc2=O)cc(OC)c1. The standard InChI is InChI=1S/C20H23N5O4/c1-12-8-13(2)24(22-12)18-6-7-19(26)25(23-18)14(3)20(27)21-15-9-16(28-4)11-17(10-15)29-5/h6-11,14H,1-5H3,(H,21,27). The number of carbonyl (C=O) groups excluding carboxylic acids is 1. The first-order valence-electron chi connectivity index (χ1n) is 9.00. The second-order valence-electron chi connectivity index (χ2n) is 6.58. The Kier molecular flexibility index (Phi) is 5.67. The van der Waals surface area contributed by atoms with Gasteiger partial charge in [-0.2, -0.15) is 5.10 Å². The summed E-state index contributed by atoms with van der Waals surface area (Å²) < 4.78 is 13.2. The van der Waals surface area contributed by atoms with Gasteiger partial charge < -0.3 is 14.8 Å². The molecule has 0 aliphatic heterocycles. The van der Waals surface area contributed by atoms with Crippen LogP contribution in [0.1, 0.15) is 24.4 Å². The third-order valence-corrected chi connectivity index (χ3v) is 4.40. The molecule has 9 heteroatoms. The largest absolute Gasteiger partial charge is 0.497 e. The predicted molar refractivity (Wildman–Crippen MR) is 108 cm³/mol. The number of methoxy groups -OCH3 is 2. The molecule has 3 rings (SSSR count). The van der Waals surface area contributed by atoms with Crippen molar-refractivity contribution in [2.24, 2.45) is 0 Å². The van der Waals surface area contributed by atoms with Gasteiger partial charge in [-0.1, -0.05) is 0 Å². The summed E-state index contributed by atoms with van der Waals surface area (Å²) in [5.74, 6) is 1.13. The van der Waals surface area contributed by atoms with Crippen LogP contribution in [0.5, 0.6) is 11.5 Å². The van der Waals surface area contributed by atoms with Gasteiger partial charge >= 0.3 is 0 Å². The molecule has 0 spiro atoms. The summed E-state index contributed by atoms with van der Waals surface area (Å²) in [4.78, 5) is 25.1. The van der Waals surface area contributed by atoms with Crippen LogP contribution in [0.15, 0.2) is 41.2 Å². The highest BCUT2D eigenvalue weighted by molar-refractivity contribution is 5.93. The lowest BCUT2D eigenvalue weighted by atomic mass is 10.2. The fraction of sp³-hybridized carbons (Fsp3) is 0.300. The number of rotatable bonds is 6. The van der Waals surface area contributed by atoms with E-state index in [2.05, 4.69) is 15.5 Å². The minimum atomic E-state index is -0.850. The van der Waals surface area contributed by atoms with Crippen molar-refractivity contribution in [2.45, 2.75) is 26.8 Å². The Bertz CT molecular complexity index is 1080. The lowest BCUT2D eigenvalue weighted by Gasteiger charge is -2.16. The summed E-state index contributed by atoms with van der Waals surface area (Å²) in [7, 11) is 3.05. The second kappa shape index (κ2) is 8.17. The molecule has 0 bridgehead atoms. The Morgan fingerprint density at radius 3 is 2.24 bits per heavy atom. The van der Waals surface area contributed by atoms with Crippen LogP contribution in [-0.2, 0) is 4.79 Å². The van der Waals surface area contributed by atoms with Crippen LogP contribution >= 0.6 is 0 Å². The first-order chi connectivity index (χ1) is 13.8. The third kappa shape index (κ3) is 4.29. The lowest BCUT2D eigenvalue weighted by molar-refractivity contribution is -0.119. The van der Waals surface area contributed by atoms with Crippen molar-refractivity contribution in [3.63, 3.8) is 0 Å². The molecule has 0 radical (unpaired) electrons. The number of ether oxygens (including phenoxy) is 2. The molecule has 0 fully saturated rings. The van der Waals surface area contributed by atoms with Gasteiger partial charge in [0.1, 0.15) is 17.5 Å². The van der Waals surface area contributed by atoms with E-state index in [1.54, 1.807) is 35.9 Å². The van der Waals surface area contributed by atoms with Crippen molar-refractivity contribution in [1.82, 2.24) is 19.6 Å². The molecule has 1 N–H and O–H groups in total. The van der Waals surface area contributed by atoms with Gasteiger partial charge in [-0.05, 0) is 32.9 Å². The predicted octanol–water partition coefficient (Wildman–Crippen LogP) is 2.26. The van der Waals surface area contributed by atoms with Crippen LogP contribution in [0, 0.1) is 13.8 Å². The topological polar surface area (TPSA) is 100 Å². The Morgan fingerprint density at radius 2 is 1.69 bits per heavy atom. The number of hydrogen-bond donors (Lipinski definition) is 1. The van der Waals surface area contributed by atoms with Gasteiger partial charge in [0.05, 0.1) is 19.9 Å². The molecule has 0 saturated heterocycles. The van der Waals surface area contributed by atoms with Crippen molar-refractivity contribution >= 4 is 11.6 Å². The maximum atomic E-state index is 12.8. The van der Waals surface area contributed by atoms with E-state index < -0.39 is 11.9 Å². The molecule has 1 unspecified atom stereocenters. The van der Waals surface area contributed by atoms with Crippen LogP contribution in [0.25, 0.3) is 5.82 Å². The molecular weight excluding hydrogens is 374 g/mol. The van der Waals surface area contributed by atoms with Crippen molar-refractivity contribution < 1.29 is 14.3 Å². The second-order valence-corrected chi connectivity index (χ2v) is 6.58. The zero-order valence-corrected chi connectivity index (χ0v) is 17.0. The zero-order valence-electron chi connectivity index (χ0n) is 17.0. The number of hydrogen-bond acceptors (Lipinski definition) is 6. The molecule has 1 amide bonds. The van der Waals surface area contributed by atoms with E-state index in [9.17, 15) is 9.59 Å². The Hall–Kier alpha value is -3.62. The number of nitrogens with one attached hydrogen (secondary N) is 1. The van der Waals surface area contributed by atoms with Gasteiger partial charge in [-0.3, -0.25) is 9.59 Å². The molecule has 0 saturated carbocycles. The fourth-order valence-corrected chi connectivity index (χ4v) is 2.90. The quantitative estimate of drug-likeness (QED) is 0.685. The van der Waals surface area contributed by atoms with E-state index in [1.807, 2.05) is 19.9 Å². The molecule has 2 aromatic heterocycles. The first-order valence-corrected chi connectivity index (χ1v) is 9.00. The van der Waals surface area contributed by atoms with Gasteiger partial charge in [0, 0.05) is 35.6 Å². The monoisotopic (exact) mass is 397 g/mol. The van der Waals surface area contributed by atoms with Crippen LogP contribution < -0.4 is 20.3 Å². The van der Waals surface area contributed by atoms with E-state index in [-0.39, 0.29) is 5.56 Å². The van der Waals surface area contributed by atoms with Gasteiger partial charge in [-0.25, -0.2) is 9.36 Å². The third-order valence-electron chi connectivity index (χ3n) is 4.40. The van der Waals surface area contributed by atoms with Crippen molar-refractivity contribution in [3.05, 3.63) is 58.1 Å². The highest BCUT2D eigenvalue weighted by atomic mass is 16.5. The molecule has 1 atom stereocenters. The molecular formula is C20H23N5O4. The number of nitrogens with zero attached hydrogens (tertiary/aromatic N) is 4. The molecule has 0 aliphatic carbocycles. The van der Waals surface area contributed by atoms with E-state index in [0.717, 1.165) is 16.1 Å². The number of anilines is 1. The van der Waals surface area contributed by atoms with Crippen LogP contribution in [-0.4, -0.2) is 39.7 Å². The minimum absolute atomic E-state index is 0.388. The highest BCUT2D eigenvalue weighted by Crippen LogP contribution is 2.26. The minimum Gasteiger partial charge on any atom is -0.497 e. The van der Waals surface area contributed by atoms with Gasteiger partial charge in [-0.15, -0.1) is 5.10 Å². The summed E-state index contributed by atoms with van der Waals surface area (Å²) in [5, 5.41) is 11.5. The summed E-state index contributed by atoms with van der Waals surface area (Å²) >= 11 is 0. The number of aryl methyl sites for hydroxylation is 2. The van der Waals surface area contributed by atoms with Crippen LogP contribution in [0.4, 0.5) is 5.69 Å². The summed E-state index contributed by atoms with van der Waals surface area (Å²) in [6, 6.07) is 9.03. The lowest BCUT2D eigenvalue weighted by Crippen LogP contribution is -2.33. The molecule has 152 valence electrons. The average Bonchev–Trinajstić information content (AvgIpc) is 3.05. The summed E-state index contributed by atoms with van der Waals surface area (Å²) in [5.41, 5.74) is 1.81. The number of carbonyl (C=O) groups is 1. The molecule has 1 aromatic carbocycles. The Labute approximate surface area is 167 Å². The number of amides is 1. The fourth-order valence-electron chi connectivity index (χ4n) is 2.90. The van der Waals surface area contributed by atoms with Crippen molar-refractivity contribution in [2.75, 3.05) is 19.5 Å². The maximum Gasteiger partial charge on any atom is 0.267 e. The zero-order chi connectivity index (χ0) is 21.1. The molecule has 3 aromatic rings. The Balaban J connectivity index is 1.89. The summed E-state index contributed by atoms with van der Waals surface area (Å²) in [6.45, 7) is 5.37. The van der Waals surface area contributed by atoms with Gasteiger partial charge in [0.2, 0.25) is 5.91 Å². The van der Waals surface area contributed by atoms with Crippen LogP contribution in [0.3, 0.4) is 0 Å². The van der Waals surface area contributed by atoms with Gasteiger partial charge in [0.15, 0.2) is 5.82 Å². The number of aromatic nitrogens is 4.